The number of ether oxygens (including phenoxy) is 1. The second-order valence-electron chi connectivity index (χ2n) is 4.70. The van der Waals surface area contributed by atoms with Crippen LogP contribution in [0.5, 0.6) is 5.75 Å². The molecule has 0 saturated carbocycles. The first-order chi connectivity index (χ1) is 9.97. The molecule has 0 spiro atoms. The number of rotatable bonds is 5. The Balaban J connectivity index is 1.84. The second-order valence-corrected chi connectivity index (χ2v) is 4.70. The van der Waals surface area contributed by atoms with Crippen LogP contribution in [-0.4, -0.2) is 46.5 Å². The summed E-state index contributed by atoms with van der Waals surface area (Å²) in [7, 11) is 0. The van der Waals surface area contributed by atoms with Crippen LogP contribution in [0.4, 0.5) is 5.69 Å². The van der Waals surface area contributed by atoms with Crippen LogP contribution >= 0.6 is 0 Å². The van der Waals surface area contributed by atoms with Crippen LogP contribution in [0.2, 0.25) is 0 Å². The van der Waals surface area contributed by atoms with Gasteiger partial charge in [-0.3, -0.25) is 19.7 Å². The lowest BCUT2D eigenvalue weighted by molar-refractivity contribution is -0.384. The molecule has 1 unspecified atom stereocenters. The number of nitro groups is 1. The van der Waals surface area contributed by atoms with Crippen molar-refractivity contribution in [1.82, 2.24) is 4.90 Å². The summed E-state index contributed by atoms with van der Waals surface area (Å²) in [5.74, 6) is -1.37. The topological polar surface area (TPSA) is 110 Å². The van der Waals surface area contributed by atoms with E-state index >= 15 is 0 Å². The number of hydrogen-bond donors (Lipinski definition) is 1. The molecule has 0 bridgehead atoms. The summed E-state index contributed by atoms with van der Waals surface area (Å²) in [6.45, 7) is 0.376. The minimum absolute atomic E-state index is 0.0579. The highest BCUT2D eigenvalue weighted by molar-refractivity contribution is 5.80. The van der Waals surface area contributed by atoms with Gasteiger partial charge in [0.1, 0.15) is 5.75 Å². The van der Waals surface area contributed by atoms with Crippen LogP contribution in [0.25, 0.3) is 0 Å². The van der Waals surface area contributed by atoms with Crippen molar-refractivity contribution in [2.24, 2.45) is 5.92 Å². The van der Waals surface area contributed by atoms with Gasteiger partial charge in [0.2, 0.25) is 0 Å². The van der Waals surface area contributed by atoms with E-state index in [4.69, 9.17) is 9.84 Å². The molecule has 1 fully saturated rings. The zero-order valence-corrected chi connectivity index (χ0v) is 11.1. The van der Waals surface area contributed by atoms with Crippen LogP contribution in [0.1, 0.15) is 6.42 Å². The van der Waals surface area contributed by atoms with Crippen LogP contribution in [0.3, 0.4) is 0 Å². The van der Waals surface area contributed by atoms with Gasteiger partial charge in [-0.2, -0.15) is 0 Å². The van der Waals surface area contributed by atoms with Gasteiger partial charge in [0, 0.05) is 25.2 Å². The van der Waals surface area contributed by atoms with Crippen molar-refractivity contribution in [3.05, 3.63) is 34.4 Å². The average molecular weight is 294 g/mol. The summed E-state index contributed by atoms with van der Waals surface area (Å²) in [6, 6.07) is 5.40. The van der Waals surface area contributed by atoms with Crippen molar-refractivity contribution < 1.29 is 24.4 Å². The number of aliphatic carboxylic acids is 1. The van der Waals surface area contributed by atoms with Gasteiger partial charge in [0.15, 0.2) is 6.61 Å². The normalized spacial score (nSPS) is 17.5. The molecule has 0 radical (unpaired) electrons. The number of carbonyl (C=O) groups is 2. The fourth-order valence-electron chi connectivity index (χ4n) is 2.09. The minimum atomic E-state index is -0.901. The molecule has 1 heterocycles. The van der Waals surface area contributed by atoms with E-state index in [2.05, 4.69) is 0 Å². The molecular formula is C13H14N2O6. The molecule has 1 atom stereocenters. The Morgan fingerprint density at radius 3 is 2.57 bits per heavy atom. The van der Waals surface area contributed by atoms with E-state index in [9.17, 15) is 19.7 Å². The molecule has 8 heteroatoms. The number of likely N-dealkylation sites (tertiary alicyclic amines) is 1. The van der Waals surface area contributed by atoms with Crippen molar-refractivity contribution in [3.63, 3.8) is 0 Å². The van der Waals surface area contributed by atoms with Crippen molar-refractivity contribution >= 4 is 17.6 Å². The number of hydrogen-bond acceptors (Lipinski definition) is 5. The highest BCUT2D eigenvalue weighted by atomic mass is 16.6. The SMILES string of the molecule is O=C(O)C1CCN(C(=O)COc2ccc([N+](=O)[O-])cc2)C1. The second kappa shape index (κ2) is 6.21. The highest BCUT2D eigenvalue weighted by Crippen LogP contribution is 2.19. The third-order valence-electron chi connectivity index (χ3n) is 3.30. The third-order valence-corrected chi connectivity index (χ3v) is 3.30. The summed E-state index contributed by atoms with van der Waals surface area (Å²) in [5.41, 5.74) is -0.0579. The highest BCUT2D eigenvalue weighted by Gasteiger charge is 2.30. The Hall–Kier alpha value is -2.64. The van der Waals surface area contributed by atoms with E-state index in [0.717, 1.165) is 0 Å². The van der Waals surface area contributed by atoms with Gasteiger partial charge >= 0.3 is 5.97 Å². The number of carbonyl (C=O) groups excluding carboxylic acids is 1. The van der Waals surface area contributed by atoms with Crippen LogP contribution in [0, 0.1) is 16.0 Å². The minimum Gasteiger partial charge on any atom is -0.484 e. The van der Waals surface area contributed by atoms with E-state index in [1.807, 2.05) is 0 Å². The predicted molar refractivity (Wildman–Crippen MR) is 70.9 cm³/mol. The van der Waals surface area contributed by atoms with Crippen LogP contribution in [-0.2, 0) is 9.59 Å². The standard InChI is InChI=1S/C13H14N2O6/c16-12(14-6-5-9(7-14)13(17)18)8-21-11-3-1-10(2-4-11)15(19)20/h1-4,9H,5-8H2,(H,17,18). The molecule has 1 aromatic rings. The smallest absolute Gasteiger partial charge is 0.308 e. The van der Waals surface area contributed by atoms with Crippen molar-refractivity contribution in [2.75, 3.05) is 19.7 Å². The van der Waals surface area contributed by atoms with Gasteiger partial charge in [-0.15, -0.1) is 0 Å². The van der Waals surface area contributed by atoms with Crippen molar-refractivity contribution in [1.29, 1.82) is 0 Å². The Labute approximate surface area is 120 Å². The lowest BCUT2D eigenvalue weighted by atomic mass is 10.1. The number of amides is 1. The molecular weight excluding hydrogens is 280 g/mol. The molecule has 0 aromatic heterocycles. The maximum absolute atomic E-state index is 11.9. The number of carboxylic acid groups (broad SMARTS) is 1. The van der Waals surface area contributed by atoms with Gasteiger partial charge in [0.05, 0.1) is 10.8 Å². The van der Waals surface area contributed by atoms with Gasteiger partial charge in [-0.05, 0) is 18.6 Å². The van der Waals surface area contributed by atoms with Crippen LogP contribution < -0.4 is 4.74 Å². The maximum Gasteiger partial charge on any atom is 0.308 e. The molecule has 21 heavy (non-hydrogen) atoms. The maximum atomic E-state index is 11.9. The van der Waals surface area contributed by atoms with E-state index in [-0.39, 0.29) is 24.7 Å². The Morgan fingerprint density at radius 1 is 1.38 bits per heavy atom. The average Bonchev–Trinajstić information content (AvgIpc) is 2.95. The largest absolute Gasteiger partial charge is 0.484 e. The number of nitro benzene ring substituents is 1. The van der Waals surface area contributed by atoms with E-state index in [1.54, 1.807) is 0 Å². The van der Waals surface area contributed by atoms with Gasteiger partial charge in [0.25, 0.3) is 11.6 Å². The summed E-state index contributed by atoms with van der Waals surface area (Å²) in [6.07, 6.45) is 0.443. The van der Waals surface area contributed by atoms with Crippen molar-refractivity contribution in [3.8, 4) is 5.75 Å². The molecule has 1 aromatic carbocycles. The summed E-state index contributed by atoms with van der Waals surface area (Å²) >= 11 is 0. The Bertz CT molecular complexity index is 556. The van der Waals surface area contributed by atoms with Crippen LogP contribution in [0.15, 0.2) is 24.3 Å². The Kier molecular flexibility index (Phi) is 4.36. The first-order valence-electron chi connectivity index (χ1n) is 6.35. The zero-order valence-electron chi connectivity index (χ0n) is 11.1. The third kappa shape index (κ3) is 3.68. The van der Waals surface area contributed by atoms with Crippen molar-refractivity contribution in [2.45, 2.75) is 6.42 Å². The molecule has 1 saturated heterocycles. The number of non-ortho nitro benzene ring substituents is 1. The lowest BCUT2D eigenvalue weighted by Crippen LogP contribution is -2.33. The quantitative estimate of drug-likeness (QED) is 0.638. The zero-order chi connectivity index (χ0) is 15.4. The van der Waals surface area contributed by atoms with E-state index in [1.165, 1.54) is 29.2 Å². The number of carboxylic acids is 1. The summed E-state index contributed by atoms with van der Waals surface area (Å²) in [4.78, 5) is 34.1. The molecule has 0 aliphatic carbocycles. The monoisotopic (exact) mass is 294 g/mol. The molecule has 112 valence electrons. The molecule has 1 amide bonds. The molecule has 1 aliphatic rings. The molecule has 1 aliphatic heterocycles. The fraction of sp³-hybridized carbons (Fsp3) is 0.385. The van der Waals surface area contributed by atoms with Gasteiger partial charge < -0.3 is 14.7 Å². The van der Waals surface area contributed by atoms with E-state index < -0.39 is 16.8 Å². The predicted octanol–water partition coefficient (Wildman–Crippen LogP) is 0.907. The molecule has 2 rings (SSSR count). The number of nitrogens with zero attached hydrogens (tertiary/aromatic N) is 2. The first kappa shape index (κ1) is 14.8. The first-order valence-corrected chi connectivity index (χ1v) is 6.35. The van der Waals surface area contributed by atoms with E-state index in [0.29, 0.717) is 18.7 Å². The lowest BCUT2D eigenvalue weighted by Gasteiger charge is -2.16. The number of benzene rings is 1. The summed E-state index contributed by atoms with van der Waals surface area (Å²) in [5, 5.41) is 19.4. The van der Waals surface area contributed by atoms with Gasteiger partial charge in [-0.1, -0.05) is 0 Å². The summed E-state index contributed by atoms with van der Waals surface area (Å²) < 4.78 is 5.25. The van der Waals surface area contributed by atoms with Gasteiger partial charge in [-0.25, -0.2) is 0 Å². The molecule has 1 N–H and O–H groups in total. The molecule has 8 nitrogen and oxygen atoms in total. The Morgan fingerprint density at radius 2 is 2.05 bits per heavy atom. The fourth-order valence-corrected chi connectivity index (χ4v) is 2.09.